The van der Waals surface area contributed by atoms with Gasteiger partial charge in [0.15, 0.2) is 0 Å². The van der Waals surface area contributed by atoms with Gasteiger partial charge in [-0.25, -0.2) is 4.79 Å². The molecule has 0 amide bonds. The van der Waals surface area contributed by atoms with E-state index in [0.717, 1.165) is 25.1 Å². The summed E-state index contributed by atoms with van der Waals surface area (Å²) in [6, 6.07) is 3.38. The summed E-state index contributed by atoms with van der Waals surface area (Å²) in [6.45, 7) is 1.52. The Morgan fingerprint density at radius 1 is 1.53 bits per heavy atom. The van der Waals surface area contributed by atoms with Crippen LogP contribution in [0.2, 0.25) is 0 Å². The number of ether oxygens (including phenoxy) is 1. The molecule has 1 aliphatic rings. The van der Waals surface area contributed by atoms with Crippen molar-refractivity contribution in [1.82, 2.24) is 4.98 Å². The van der Waals surface area contributed by atoms with Crippen molar-refractivity contribution in [3.63, 3.8) is 0 Å². The van der Waals surface area contributed by atoms with E-state index in [1.807, 2.05) is 0 Å². The van der Waals surface area contributed by atoms with Gasteiger partial charge in [0.05, 0.1) is 12.2 Å². The van der Waals surface area contributed by atoms with Gasteiger partial charge in [0, 0.05) is 24.4 Å². The van der Waals surface area contributed by atoms with Crippen LogP contribution < -0.4 is 0 Å². The van der Waals surface area contributed by atoms with Crippen LogP contribution in [0.1, 0.15) is 34.8 Å². The van der Waals surface area contributed by atoms with Crippen LogP contribution in [-0.2, 0) is 4.74 Å². The lowest BCUT2D eigenvalue weighted by Crippen LogP contribution is -2.16. The minimum atomic E-state index is -0.936. The summed E-state index contributed by atoms with van der Waals surface area (Å²) in [5.41, 5.74) is 1.16. The highest BCUT2D eigenvalue weighted by Crippen LogP contribution is 2.23. The first-order valence-corrected chi connectivity index (χ1v) is 5.04. The first-order valence-electron chi connectivity index (χ1n) is 5.04. The molecule has 1 saturated heterocycles. The Kier molecular flexibility index (Phi) is 2.97. The quantitative estimate of drug-likeness (QED) is 0.801. The van der Waals surface area contributed by atoms with Gasteiger partial charge in [-0.15, -0.1) is 0 Å². The number of hydrogen-bond donors (Lipinski definition) is 1. The molecule has 80 valence electrons. The molecule has 4 nitrogen and oxygen atoms in total. The fourth-order valence-corrected chi connectivity index (χ4v) is 1.75. The highest BCUT2D eigenvalue weighted by molar-refractivity contribution is 5.87. The van der Waals surface area contributed by atoms with Gasteiger partial charge in [-0.1, -0.05) is 0 Å². The minimum Gasteiger partial charge on any atom is -0.478 e. The largest absolute Gasteiger partial charge is 0.478 e. The molecule has 1 fully saturated rings. The molecule has 0 aliphatic carbocycles. The summed E-state index contributed by atoms with van der Waals surface area (Å²) in [5, 5.41) is 8.72. The Bertz CT molecular complexity index is 341. The van der Waals surface area contributed by atoms with Crippen molar-refractivity contribution >= 4 is 5.97 Å². The Morgan fingerprint density at radius 2 is 2.40 bits per heavy atom. The molecular formula is C11H13NO3. The van der Waals surface area contributed by atoms with Gasteiger partial charge >= 0.3 is 5.97 Å². The van der Waals surface area contributed by atoms with E-state index in [4.69, 9.17) is 9.84 Å². The van der Waals surface area contributed by atoms with Crippen LogP contribution in [0.15, 0.2) is 18.3 Å². The number of nitrogens with zero attached hydrogens (tertiary/aromatic N) is 1. The molecule has 2 rings (SSSR count). The zero-order valence-corrected chi connectivity index (χ0v) is 8.35. The van der Waals surface area contributed by atoms with Crippen LogP contribution in [0.4, 0.5) is 0 Å². The minimum absolute atomic E-state index is 0.232. The van der Waals surface area contributed by atoms with Crippen LogP contribution in [0.25, 0.3) is 0 Å². The van der Waals surface area contributed by atoms with Crippen molar-refractivity contribution in [1.29, 1.82) is 0 Å². The molecule has 1 aromatic heterocycles. The van der Waals surface area contributed by atoms with E-state index in [-0.39, 0.29) is 5.56 Å². The number of aromatic nitrogens is 1. The van der Waals surface area contributed by atoms with E-state index in [9.17, 15) is 4.79 Å². The normalized spacial score (nSPS) is 21.2. The van der Waals surface area contributed by atoms with E-state index >= 15 is 0 Å². The number of aromatic carboxylic acids is 1. The fourth-order valence-electron chi connectivity index (χ4n) is 1.75. The summed E-state index contributed by atoms with van der Waals surface area (Å²) in [7, 11) is 0. The Hall–Kier alpha value is -1.42. The maximum atomic E-state index is 10.6. The van der Waals surface area contributed by atoms with Crippen molar-refractivity contribution in [3.8, 4) is 0 Å². The van der Waals surface area contributed by atoms with Crippen LogP contribution in [0.5, 0.6) is 0 Å². The summed E-state index contributed by atoms with van der Waals surface area (Å²) in [5.74, 6) is -0.615. The second-order valence-electron chi connectivity index (χ2n) is 3.69. The van der Waals surface area contributed by atoms with Crippen LogP contribution in [-0.4, -0.2) is 29.3 Å². The predicted octanol–water partition coefficient (Wildman–Crippen LogP) is 1.67. The lowest BCUT2D eigenvalue weighted by atomic mass is 9.98. The standard InChI is InChI=1S/C11H13NO3/c13-11(14)8-3-4-10(12-6-8)9-2-1-5-15-7-9/h3-4,6,9H,1-2,5,7H2,(H,13,14). The van der Waals surface area contributed by atoms with Gasteiger partial charge in [0.1, 0.15) is 0 Å². The summed E-state index contributed by atoms with van der Waals surface area (Å²) < 4.78 is 5.36. The van der Waals surface area contributed by atoms with Crippen molar-refractivity contribution in [2.45, 2.75) is 18.8 Å². The van der Waals surface area contributed by atoms with Crippen molar-refractivity contribution in [2.24, 2.45) is 0 Å². The average Bonchev–Trinajstić information content (AvgIpc) is 2.30. The smallest absolute Gasteiger partial charge is 0.337 e. The maximum absolute atomic E-state index is 10.6. The maximum Gasteiger partial charge on any atom is 0.337 e. The van der Waals surface area contributed by atoms with Gasteiger partial charge < -0.3 is 9.84 Å². The van der Waals surface area contributed by atoms with E-state index < -0.39 is 5.97 Å². The number of carbonyl (C=O) groups is 1. The Labute approximate surface area is 87.9 Å². The number of carboxylic acid groups (broad SMARTS) is 1. The monoisotopic (exact) mass is 207 g/mol. The summed E-state index contributed by atoms with van der Waals surface area (Å²) in [4.78, 5) is 14.8. The molecule has 0 spiro atoms. The summed E-state index contributed by atoms with van der Waals surface area (Å²) >= 11 is 0. The van der Waals surface area contributed by atoms with Gasteiger partial charge in [0.2, 0.25) is 0 Å². The van der Waals surface area contributed by atoms with Crippen LogP contribution in [0, 0.1) is 0 Å². The summed E-state index contributed by atoms with van der Waals surface area (Å²) in [6.07, 6.45) is 3.53. The third-order valence-corrected chi connectivity index (χ3v) is 2.61. The van der Waals surface area contributed by atoms with Crippen LogP contribution in [0.3, 0.4) is 0 Å². The molecule has 15 heavy (non-hydrogen) atoms. The first-order chi connectivity index (χ1) is 7.27. The number of hydrogen-bond acceptors (Lipinski definition) is 3. The Morgan fingerprint density at radius 3 is 2.93 bits per heavy atom. The predicted molar refractivity (Wildman–Crippen MR) is 54.0 cm³/mol. The van der Waals surface area contributed by atoms with Crippen molar-refractivity contribution in [2.75, 3.05) is 13.2 Å². The molecular weight excluding hydrogens is 194 g/mol. The molecule has 1 N–H and O–H groups in total. The molecule has 1 unspecified atom stereocenters. The number of rotatable bonds is 2. The highest BCUT2D eigenvalue weighted by atomic mass is 16.5. The van der Waals surface area contributed by atoms with Crippen molar-refractivity contribution < 1.29 is 14.6 Å². The van der Waals surface area contributed by atoms with E-state index in [2.05, 4.69) is 4.98 Å². The van der Waals surface area contributed by atoms with Crippen molar-refractivity contribution in [3.05, 3.63) is 29.6 Å². The fraction of sp³-hybridized carbons (Fsp3) is 0.455. The molecule has 0 radical (unpaired) electrons. The Balaban J connectivity index is 2.11. The average molecular weight is 207 g/mol. The SMILES string of the molecule is O=C(O)c1ccc(C2CCCOC2)nc1. The first kappa shape index (κ1) is 10.1. The van der Waals surface area contributed by atoms with Gasteiger partial charge in [-0.3, -0.25) is 4.98 Å². The molecule has 1 aliphatic heterocycles. The molecule has 2 heterocycles. The second-order valence-corrected chi connectivity index (χ2v) is 3.69. The van der Waals surface area contributed by atoms with Gasteiger partial charge in [-0.05, 0) is 25.0 Å². The van der Waals surface area contributed by atoms with E-state index in [1.165, 1.54) is 6.20 Å². The van der Waals surface area contributed by atoms with Gasteiger partial charge in [-0.2, -0.15) is 0 Å². The third-order valence-electron chi connectivity index (χ3n) is 2.61. The topological polar surface area (TPSA) is 59.4 Å². The molecule has 1 atom stereocenters. The molecule has 0 saturated carbocycles. The lowest BCUT2D eigenvalue weighted by molar-refractivity contribution is 0.0696. The third kappa shape index (κ3) is 2.33. The second kappa shape index (κ2) is 4.40. The van der Waals surface area contributed by atoms with Gasteiger partial charge in [0.25, 0.3) is 0 Å². The zero-order valence-electron chi connectivity index (χ0n) is 8.35. The number of pyridine rings is 1. The van der Waals surface area contributed by atoms with Crippen LogP contribution >= 0.6 is 0 Å². The molecule has 4 heteroatoms. The van der Waals surface area contributed by atoms with E-state index in [0.29, 0.717) is 12.5 Å². The molecule has 0 bridgehead atoms. The molecule has 1 aromatic rings. The molecule has 0 aromatic carbocycles. The highest BCUT2D eigenvalue weighted by Gasteiger charge is 2.17. The lowest BCUT2D eigenvalue weighted by Gasteiger charge is -2.21. The number of carboxylic acids is 1. The van der Waals surface area contributed by atoms with E-state index in [1.54, 1.807) is 12.1 Å². The zero-order chi connectivity index (χ0) is 10.7.